The summed E-state index contributed by atoms with van der Waals surface area (Å²) in [6.07, 6.45) is 0.950. The molecule has 0 spiro atoms. The van der Waals surface area contributed by atoms with Crippen molar-refractivity contribution in [2.75, 3.05) is 5.32 Å². The van der Waals surface area contributed by atoms with Gasteiger partial charge in [0.25, 0.3) is 6.43 Å². The number of aromatic nitrogens is 5. The molecule has 126 valence electrons. The highest BCUT2D eigenvalue weighted by molar-refractivity contribution is 5.49. The van der Waals surface area contributed by atoms with Gasteiger partial charge in [-0.2, -0.15) is 5.10 Å². The van der Waals surface area contributed by atoms with Gasteiger partial charge in [0.15, 0.2) is 0 Å². The van der Waals surface area contributed by atoms with Crippen LogP contribution in [0.4, 0.5) is 14.5 Å². The molecule has 0 fully saturated rings. The lowest BCUT2D eigenvalue weighted by molar-refractivity contribution is 0.121. The van der Waals surface area contributed by atoms with E-state index in [1.54, 1.807) is 17.1 Å². The summed E-state index contributed by atoms with van der Waals surface area (Å²) in [7, 11) is 0. The van der Waals surface area contributed by atoms with Gasteiger partial charge in [-0.1, -0.05) is 5.21 Å². The lowest BCUT2D eigenvalue weighted by Crippen LogP contribution is -2.06. The molecular formula is C16H18F2N6. The molecule has 0 atom stereocenters. The predicted molar refractivity (Wildman–Crippen MR) is 86.4 cm³/mol. The lowest BCUT2D eigenvalue weighted by atomic mass is 10.2. The number of aryl methyl sites for hydroxylation is 2. The molecule has 3 aromatic rings. The van der Waals surface area contributed by atoms with Gasteiger partial charge in [-0.3, -0.25) is 4.68 Å². The van der Waals surface area contributed by atoms with E-state index in [9.17, 15) is 8.78 Å². The fourth-order valence-electron chi connectivity index (χ4n) is 2.43. The molecule has 0 saturated heterocycles. The minimum Gasteiger partial charge on any atom is -0.381 e. The summed E-state index contributed by atoms with van der Waals surface area (Å²) in [5, 5.41) is 15.3. The number of alkyl halides is 2. The second-order valence-corrected chi connectivity index (χ2v) is 5.54. The van der Waals surface area contributed by atoms with Crippen LogP contribution in [0.5, 0.6) is 0 Å². The molecule has 0 bridgehead atoms. The number of hydrogen-bond acceptors (Lipinski definition) is 4. The van der Waals surface area contributed by atoms with E-state index >= 15 is 0 Å². The zero-order valence-corrected chi connectivity index (χ0v) is 13.4. The fourth-order valence-corrected chi connectivity index (χ4v) is 2.43. The van der Waals surface area contributed by atoms with Crippen LogP contribution in [0.25, 0.3) is 5.69 Å². The molecule has 3 rings (SSSR count). The van der Waals surface area contributed by atoms with Gasteiger partial charge in [-0.25, -0.2) is 13.5 Å². The summed E-state index contributed by atoms with van der Waals surface area (Å²) < 4.78 is 27.9. The van der Waals surface area contributed by atoms with Crippen LogP contribution in [0.1, 0.15) is 17.0 Å². The molecule has 0 aliphatic rings. The Bertz CT molecular complexity index is 806. The van der Waals surface area contributed by atoms with Crippen molar-refractivity contribution in [3.63, 3.8) is 0 Å². The van der Waals surface area contributed by atoms with Gasteiger partial charge in [0.05, 0.1) is 23.3 Å². The van der Waals surface area contributed by atoms with Crippen molar-refractivity contribution in [3.8, 4) is 5.69 Å². The average molecular weight is 332 g/mol. The largest absolute Gasteiger partial charge is 0.381 e. The zero-order valence-electron chi connectivity index (χ0n) is 13.4. The van der Waals surface area contributed by atoms with Gasteiger partial charge in [0.1, 0.15) is 6.54 Å². The number of hydrogen-bond donors (Lipinski definition) is 1. The Kier molecular flexibility index (Phi) is 4.54. The van der Waals surface area contributed by atoms with Crippen LogP contribution < -0.4 is 5.32 Å². The van der Waals surface area contributed by atoms with E-state index in [4.69, 9.17) is 0 Å². The van der Waals surface area contributed by atoms with Crippen molar-refractivity contribution in [3.05, 3.63) is 53.6 Å². The Morgan fingerprint density at radius 2 is 1.92 bits per heavy atom. The summed E-state index contributed by atoms with van der Waals surface area (Å²) >= 11 is 0. The molecule has 0 radical (unpaired) electrons. The van der Waals surface area contributed by atoms with Crippen LogP contribution >= 0.6 is 0 Å². The first-order valence-corrected chi connectivity index (χ1v) is 7.55. The van der Waals surface area contributed by atoms with Crippen molar-refractivity contribution in [2.45, 2.75) is 33.4 Å². The molecule has 6 nitrogen and oxygen atoms in total. The highest BCUT2D eigenvalue weighted by atomic mass is 19.3. The summed E-state index contributed by atoms with van der Waals surface area (Å²) in [6.45, 7) is 3.89. The first-order chi connectivity index (χ1) is 11.5. The van der Waals surface area contributed by atoms with Gasteiger partial charge in [-0.15, -0.1) is 5.10 Å². The van der Waals surface area contributed by atoms with E-state index < -0.39 is 6.43 Å². The smallest absolute Gasteiger partial charge is 0.257 e. The van der Waals surface area contributed by atoms with Crippen LogP contribution in [-0.4, -0.2) is 31.2 Å². The standard InChI is InChI=1S/C16H18F2N6/c1-11-7-20-22-24(11)15-5-3-14(4-6-15)19-8-13-9-23(10-16(17)18)21-12(13)2/h3-7,9,16,19H,8,10H2,1-2H3. The minimum atomic E-state index is -2.40. The number of nitrogens with zero attached hydrogens (tertiary/aromatic N) is 5. The van der Waals surface area contributed by atoms with Crippen molar-refractivity contribution < 1.29 is 8.78 Å². The summed E-state index contributed by atoms with van der Waals surface area (Å²) in [5.41, 5.74) is 4.46. The van der Waals surface area contributed by atoms with Gasteiger partial charge in [-0.05, 0) is 38.1 Å². The predicted octanol–water partition coefficient (Wildman–Crippen LogP) is 2.96. The summed E-state index contributed by atoms with van der Waals surface area (Å²) in [6, 6.07) is 7.76. The molecule has 0 aliphatic carbocycles. The lowest BCUT2D eigenvalue weighted by Gasteiger charge is -2.07. The van der Waals surface area contributed by atoms with E-state index in [1.165, 1.54) is 4.68 Å². The first kappa shape index (κ1) is 16.1. The van der Waals surface area contributed by atoms with E-state index in [0.29, 0.717) is 6.54 Å². The third-order valence-electron chi connectivity index (χ3n) is 3.69. The number of nitrogens with one attached hydrogen (secondary N) is 1. The van der Waals surface area contributed by atoms with Crippen LogP contribution in [0.3, 0.4) is 0 Å². The molecule has 0 saturated carbocycles. The molecule has 1 aromatic carbocycles. The van der Waals surface area contributed by atoms with Crippen molar-refractivity contribution in [1.82, 2.24) is 24.8 Å². The van der Waals surface area contributed by atoms with Crippen LogP contribution in [0.15, 0.2) is 36.7 Å². The molecule has 0 unspecified atom stereocenters. The zero-order chi connectivity index (χ0) is 17.1. The number of halogens is 2. The topological polar surface area (TPSA) is 60.6 Å². The first-order valence-electron chi connectivity index (χ1n) is 7.55. The maximum Gasteiger partial charge on any atom is 0.257 e. The third-order valence-corrected chi connectivity index (χ3v) is 3.69. The maximum absolute atomic E-state index is 12.4. The van der Waals surface area contributed by atoms with Gasteiger partial charge in [0, 0.05) is 24.0 Å². The third kappa shape index (κ3) is 3.58. The summed E-state index contributed by atoms with van der Waals surface area (Å²) in [5.74, 6) is 0. The van der Waals surface area contributed by atoms with Crippen molar-refractivity contribution >= 4 is 5.69 Å². The SMILES string of the molecule is Cc1nn(CC(F)F)cc1CNc1ccc(-n2nncc2C)cc1. The van der Waals surface area contributed by atoms with E-state index in [-0.39, 0.29) is 6.54 Å². The van der Waals surface area contributed by atoms with Gasteiger partial charge < -0.3 is 5.32 Å². The van der Waals surface area contributed by atoms with Crippen molar-refractivity contribution in [1.29, 1.82) is 0 Å². The Hall–Kier alpha value is -2.77. The minimum absolute atomic E-state index is 0.382. The van der Waals surface area contributed by atoms with E-state index in [0.717, 1.165) is 28.3 Å². The molecular weight excluding hydrogens is 314 g/mol. The Labute approximate surface area is 138 Å². The van der Waals surface area contributed by atoms with E-state index in [2.05, 4.69) is 20.7 Å². The summed E-state index contributed by atoms with van der Waals surface area (Å²) in [4.78, 5) is 0. The van der Waals surface area contributed by atoms with Crippen LogP contribution in [0, 0.1) is 13.8 Å². The van der Waals surface area contributed by atoms with Crippen molar-refractivity contribution in [2.24, 2.45) is 0 Å². The second kappa shape index (κ2) is 6.77. The highest BCUT2D eigenvalue weighted by Crippen LogP contribution is 2.16. The number of rotatable bonds is 6. The van der Waals surface area contributed by atoms with Crippen LogP contribution in [0.2, 0.25) is 0 Å². The molecule has 2 aromatic heterocycles. The Balaban J connectivity index is 1.65. The molecule has 2 heterocycles. The quantitative estimate of drug-likeness (QED) is 0.754. The normalized spacial score (nSPS) is 11.2. The fraction of sp³-hybridized carbons (Fsp3) is 0.312. The Morgan fingerprint density at radius 1 is 1.17 bits per heavy atom. The highest BCUT2D eigenvalue weighted by Gasteiger charge is 2.09. The van der Waals surface area contributed by atoms with E-state index in [1.807, 2.05) is 38.1 Å². The molecule has 1 N–H and O–H groups in total. The van der Waals surface area contributed by atoms with Crippen LogP contribution in [-0.2, 0) is 13.1 Å². The van der Waals surface area contributed by atoms with Gasteiger partial charge in [0.2, 0.25) is 0 Å². The number of anilines is 1. The Morgan fingerprint density at radius 3 is 2.54 bits per heavy atom. The number of benzene rings is 1. The second-order valence-electron chi connectivity index (χ2n) is 5.54. The molecule has 8 heteroatoms. The monoisotopic (exact) mass is 332 g/mol. The molecule has 24 heavy (non-hydrogen) atoms. The molecule has 0 aliphatic heterocycles. The molecule has 0 amide bonds. The maximum atomic E-state index is 12.4. The van der Waals surface area contributed by atoms with Gasteiger partial charge >= 0.3 is 0 Å². The average Bonchev–Trinajstić information content (AvgIpc) is 3.11.